The summed E-state index contributed by atoms with van der Waals surface area (Å²) in [5.41, 5.74) is -0.673. The average molecular weight is 266 g/mol. The molecule has 0 aliphatic heterocycles. The van der Waals surface area contributed by atoms with Crippen LogP contribution in [0.4, 0.5) is 5.69 Å². The number of aromatic nitrogens is 1. The third-order valence-corrected chi connectivity index (χ3v) is 2.51. The predicted molar refractivity (Wildman–Crippen MR) is 70.1 cm³/mol. The lowest BCUT2D eigenvalue weighted by Gasteiger charge is -2.18. The van der Waals surface area contributed by atoms with Gasteiger partial charge in [-0.05, 0) is 32.9 Å². The van der Waals surface area contributed by atoms with Crippen molar-refractivity contribution >= 4 is 17.6 Å². The number of hydrogen-bond acceptors (Lipinski definition) is 4. The van der Waals surface area contributed by atoms with E-state index >= 15 is 0 Å². The number of carboxylic acids is 1. The van der Waals surface area contributed by atoms with E-state index in [9.17, 15) is 9.59 Å². The molecule has 0 spiro atoms. The van der Waals surface area contributed by atoms with Gasteiger partial charge in [-0.15, -0.1) is 0 Å². The van der Waals surface area contributed by atoms with Crippen LogP contribution in [0.5, 0.6) is 5.88 Å². The number of pyridine rings is 1. The Morgan fingerprint density at radius 3 is 2.74 bits per heavy atom. The number of anilines is 1. The van der Waals surface area contributed by atoms with Crippen LogP contribution in [0.3, 0.4) is 0 Å². The minimum Gasteiger partial charge on any atom is -0.481 e. The van der Waals surface area contributed by atoms with Gasteiger partial charge in [0.15, 0.2) is 0 Å². The van der Waals surface area contributed by atoms with Gasteiger partial charge in [0, 0.05) is 12.6 Å². The van der Waals surface area contributed by atoms with Crippen molar-refractivity contribution in [2.45, 2.75) is 27.2 Å². The fraction of sp³-hybridized carbons (Fsp3) is 0.462. The van der Waals surface area contributed by atoms with E-state index in [-0.39, 0.29) is 12.3 Å². The zero-order chi connectivity index (χ0) is 14.5. The monoisotopic (exact) mass is 266 g/mol. The van der Waals surface area contributed by atoms with Crippen LogP contribution < -0.4 is 10.1 Å². The molecule has 0 aliphatic rings. The van der Waals surface area contributed by atoms with Crippen molar-refractivity contribution in [2.24, 2.45) is 5.41 Å². The third-order valence-electron chi connectivity index (χ3n) is 2.51. The molecular weight excluding hydrogens is 248 g/mol. The molecule has 6 nitrogen and oxygen atoms in total. The molecule has 0 aliphatic carbocycles. The van der Waals surface area contributed by atoms with Gasteiger partial charge in [0.05, 0.1) is 12.0 Å². The molecule has 1 aromatic rings. The highest BCUT2D eigenvalue weighted by atomic mass is 16.5. The fourth-order valence-corrected chi connectivity index (χ4v) is 1.41. The molecule has 0 atom stereocenters. The molecule has 19 heavy (non-hydrogen) atoms. The Morgan fingerprint density at radius 2 is 2.16 bits per heavy atom. The summed E-state index contributed by atoms with van der Waals surface area (Å²) in [5, 5.41) is 11.6. The largest absolute Gasteiger partial charge is 0.481 e. The van der Waals surface area contributed by atoms with Crippen molar-refractivity contribution in [3.8, 4) is 5.88 Å². The summed E-state index contributed by atoms with van der Waals surface area (Å²) in [4.78, 5) is 26.8. The molecule has 0 aromatic carbocycles. The van der Waals surface area contributed by atoms with Crippen LogP contribution in [-0.2, 0) is 9.59 Å². The topological polar surface area (TPSA) is 88.5 Å². The molecule has 104 valence electrons. The van der Waals surface area contributed by atoms with Gasteiger partial charge in [-0.2, -0.15) is 0 Å². The van der Waals surface area contributed by atoms with E-state index in [1.165, 1.54) is 13.8 Å². The lowest BCUT2D eigenvalue weighted by atomic mass is 9.89. The Hall–Kier alpha value is -2.11. The van der Waals surface area contributed by atoms with Gasteiger partial charge in [0.2, 0.25) is 11.8 Å². The lowest BCUT2D eigenvalue weighted by Crippen LogP contribution is -2.29. The number of ether oxygens (including phenoxy) is 1. The molecule has 0 bridgehead atoms. The van der Waals surface area contributed by atoms with E-state index in [2.05, 4.69) is 10.3 Å². The highest BCUT2D eigenvalue weighted by Gasteiger charge is 2.30. The Balaban J connectivity index is 2.75. The van der Waals surface area contributed by atoms with E-state index in [0.29, 0.717) is 18.2 Å². The molecule has 0 fully saturated rings. The van der Waals surface area contributed by atoms with Gasteiger partial charge in [-0.3, -0.25) is 9.59 Å². The molecule has 1 rings (SSSR count). The zero-order valence-corrected chi connectivity index (χ0v) is 11.3. The summed E-state index contributed by atoms with van der Waals surface area (Å²) < 4.78 is 5.27. The summed E-state index contributed by atoms with van der Waals surface area (Å²) in [5.74, 6) is -1.08. The summed E-state index contributed by atoms with van der Waals surface area (Å²) in [6.07, 6.45) is 1.44. The summed E-state index contributed by atoms with van der Waals surface area (Å²) >= 11 is 0. The maximum Gasteiger partial charge on any atom is 0.309 e. The standard InChI is InChI=1S/C13H18N2O4/c1-4-19-11-9(6-5-7-14-11)15-10(16)8-13(2,3)12(17)18/h5-7H,4,8H2,1-3H3,(H,15,16)(H,17,18). The predicted octanol–water partition coefficient (Wildman–Crippen LogP) is 1.92. The molecule has 1 amide bonds. The quantitative estimate of drug-likeness (QED) is 0.821. The van der Waals surface area contributed by atoms with Crippen LogP contribution in [0.15, 0.2) is 18.3 Å². The molecule has 0 unspecified atom stereocenters. The molecule has 0 saturated heterocycles. The molecule has 6 heteroatoms. The number of carbonyl (C=O) groups is 2. The molecule has 2 N–H and O–H groups in total. The number of rotatable bonds is 6. The highest BCUT2D eigenvalue weighted by molar-refractivity contribution is 5.94. The van der Waals surface area contributed by atoms with Crippen molar-refractivity contribution in [1.82, 2.24) is 4.98 Å². The second-order valence-electron chi connectivity index (χ2n) is 4.70. The van der Waals surface area contributed by atoms with Crippen molar-refractivity contribution in [1.29, 1.82) is 0 Å². The first-order valence-electron chi connectivity index (χ1n) is 5.98. The van der Waals surface area contributed by atoms with Crippen LogP contribution in [0.2, 0.25) is 0 Å². The first-order chi connectivity index (χ1) is 8.86. The van der Waals surface area contributed by atoms with Gasteiger partial charge in [0.1, 0.15) is 5.69 Å². The van der Waals surface area contributed by atoms with Crippen LogP contribution in [0.1, 0.15) is 27.2 Å². The van der Waals surface area contributed by atoms with E-state index in [4.69, 9.17) is 9.84 Å². The summed E-state index contributed by atoms with van der Waals surface area (Å²) in [6, 6.07) is 3.32. The smallest absolute Gasteiger partial charge is 0.309 e. The fourth-order valence-electron chi connectivity index (χ4n) is 1.41. The van der Waals surface area contributed by atoms with Crippen molar-refractivity contribution in [3.05, 3.63) is 18.3 Å². The second kappa shape index (κ2) is 6.17. The molecular formula is C13H18N2O4. The number of aliphatic carboxylic acids is 1. The molecule has 0 radical (unpaired) electrons. The van der Waals surface area contributed by atoms with Crippen LogP contribution in [0, 0.1) is 5.41 Å². The Bertz CT molecular complexity index is 471. The summed E-state index contributed by atoms with van der Waals surface area (Å²) in [7, 11) is 0. The zero-order valence-electron chi connectivity index (χ0n) is 11.3. The normalized spacial score (nSPS) is 10.9. The number of hydrogen-bond donors (Lipinski definition) is 2. The SMILES string of the molecule is CCOc1ncccc1NC(=O)CC(C)(C)C(=O)O. The minimum atomic E-state index is -1.11. The maximum absolute atomic E-state index is 11.8. The van der Waals surface area contributed by atoms with E-state index in [1.807, 2.05) is 6.92 Å². The highest BCUT2D eigenvalue weighted by Crippen LogP contribution is 2.24. The summed E-state index contributed by atoms with van der Waals surface area (Å²) in [6.45, 7) is 5.25. The number of nitrogens with zero attached hydrogens (tertiary/aromatic N) is 1. The van der Waals surface area contributed by atoms with Gasteiger partial charge in [-0.1, -0.05) is 0 Å². The first-order valence-corrected chi connectivity index (χ1v) is 5.98. The first kappa shape index (κ1) is 14.9. The lowest BCUT2D eigenvalue weighted by molar-refractivity contribution is -0.148. The number of nitrogens with one attached hydrogen (secondary N) is 1. The molecule has 1 heterocycles. The van der Waals surface area contributed by atoms with Crippen molar-refractivity contribution in [2.75, 3.05) is 11.9 Å². The van der Waals surface area contributed by atoms with Gasteiger partial charge >= 0.3 is 5.97 Å². The Morgan fingerprint density at radius 1 is 1.47 bits per heavy atom. The van der Waals surface area contributed by atoms with Crippen molar-refractivity contribution in [3.63, 3.8) is 0 Å². The number of carboxylic acid groups (broad SMARTS) is 1. The van der Waals surface area contributed by atoms with Gasteiger partial charge in [-0.25, -0.2) is 4.98 Å². The average Bonchev–Trinajstić information content (AvgIpc) is 2.31. The van der Waals surface area contributed by atoms with Crippen LogP contribution in [0.25, 0.3) is 0 Å². The third kappa shape index (κ3) is 4.24. The Labute approximate surface area is 111 Å². The van der Waals surface area contributed by atoms with E-state index in [0.717, 1.165) is 0 Å². The van der Waals surface area contributed by atoms with Crippen LogP contribution >= 0.6 is 0 Å². The Kier molecular flexibility index (Phi) is 4.86. The molecule has 1 aromatic heterocycles. The van der Waals surface area contributed by atoms with E-state index < -0.39 is 11.4 Å². The number of amides is 1. The van der Waals surface area contributed by atoms with Gasteiger partial charge < -0.3 is 15.2 Å². The van der Waals surface area contributed by atoms with Crippen molar-refractivity contribution < 1.29 is 19.4 Å². The number of carbonyl (C=O) groups excluding carboxylic acids is 1. The second-order valence-corrected chi connectivity index (χ2v) is 4.70. The van der Waals surface area contributed by atoms with Gasteiger partial charge in [0.25, 0.3) is 0 Å². The van der Waals surface area contributed by atoms with E-state index in [1.54, 1.807) is 18.3 Å². The molecule has 0 saturated carbocycles. The maximum atomic E-state index is 11.8. The van der Waals surface area contributed by atoms with Crippen LogP contribution in [-0.4, -0.2) is 28.6 Å². The minimum absolute atomic E-state index is 0.122.